The molecule has 13 heavy (non-hydrogen) atoms. The van der Waals surface area contributed by atoms with Gasteiger partial charge in [-0.25, -0.2) is 4.98 Å². The molecule has 2 heterocycles. The molecule has 0 saturated carbocycles. The van der Waals surface area contributed by atoms with Gasteiger partial charge < -0.3 is 10.3 Å². The number of nitrogens with one attached hydrogen (secondary N) is 2. The smallest absolute Gasteiger partial charge is 0.112 e. The lowest BCUT2D eigenvalue weighted by molar-refractivity contribution is 0.432. The minimum atomic E-state index is 0.630. The molecule has 0 amide bonds. The summed E-state index contributed by atoms with van der Waals surface area (Å²) in [6, 6.07) is 0. The van der Waals surface area contributed by atoms with Crippen molar-refractivity contribution < 1.29 is 0 Å². The van der Waals surface area contributed by atoms with Gasteiger partial charge in [0.25, 0.3) is 0 Å². The Morgan fingerprint density at radius 2 is 2.08 bits per heavy atom. The van der Waals surface area contributed by atoms with Crippen molar-refractivity contribution in [3.8, 4) is 0 Å². The molecule has 1 aliphatic heterocycles. The summed E-state index contributed by atoms with van der Waals surface area (Å²) in [7, 11) is 0. The van der Waals surface area contributed by atoms with Gasteiger partial charge in [0.1, 0.15) is 5.82 Å². The monoisotopic (exact) mass is 179 g/mol. The van der Waals surface area contributed by atoms with Crippen molar-refractivity contribution in [3.63, 3.8) is 0 Å². The van der Waals surface area contributed by atoms with Gasteiger partial charge in [-0.05, 0) is 12.8 Å². The van der Waals surface area contributed by atoms with Crippen LogP contribution in [-0.4, -0.2) is 23.1 Å². The molecule has 0 aliphatic carbocycles. The van der Waals surface area contributed by atoms with E-state index < -0.39 is 0 Å². The number of hydrogen-bond acceptors (Lipinski definition) is 2. The quantitative estimate of drug-likeness (QED) is 0.732. The van der Waals surface area contributed by atoms with Gasteiger partial charge in [-0.3, -0.25) is 0 Å². The lowest BCUT2D eigenvalue weighted by Gasteiger charge is -2.24. The summed E-state index contributed by atoms with van der Waals surface area (Å²) < 4.78 is 0. The highest BCUT2D eigenvalue weighted by atomic mass is 15.0. The highest BCUT2D eigenvalue weighted by Gasteiger charge is 2.22. The van der Waals surface area contributed by atoms with Crippen molar-refractivity contribution in [3.05, 3.63) is 17.2 Å². The molecule has 1 fully saturated rings. The number of imidazole rings is 1. The van der Waals surface area contributed by atoms with Crippen LogP contribution in [0.5, 0.6) is 0 Å². The summed E-state index contributed by atoms with van der Waals surface area (Å²) in [6.07, 6.45) is 2.11. The van der Waals surface area contributed by atoms with Crippen LogP contribution in [0.25, 0.3) is 0 Å². The van der Waals surface area contributed by atoms with Crippen LogP contribution < -0.4 is 5.32 Å². The predicted octanol–water partition coefficient (Wildman–Crippen LogP) is 1.22. The zero-order chi connectivity index (χ0) is 9.26. The van der Waals surface area contributed by atoms with E-state index in [4.69, 9.17) is 0 Å². The molecular formula is C10H17N3. The van der Waals surface area contributed by atoms with E-state index in [-0.39, 0.29) is 0 Å². The van der Waals surface area contributed by atoms with E-state index in [2.05, 4.69) is 29.1 Å². The van der Waals surface area contributed by atoms with Crippen molar-refractivity contribution in [2.45, 2.75) is 32.6 Å². The molecule has 1 aromatic heterocycles. The number of hydrogen-bond donors (Lipinski definition) is 2. The van der Waals surface area contributed by atoms with Gasteiger partial charge in [-0.2, -0.15) is 0 Å². The third kappa shape index (κ3) is 1.48. The molecule has 0 unspecified atom stereocenters. The van der Waals surface area contributed by atoms with E-state index in [0.717, 1.165) is 25.9 Å². The first-order valence-corrected chi connectivity index (χ1v) is 5.13. The molecule has 3 heteroatoms. The Kier molecular flexibility index (Phi) is 2.36. The van der Waals surface area contributed by atoms with Crippen LogP contribution in [-0.2, 0) is 12.8 Å². The van der Waals surface area contributed by atoms with Crippen LogP contribution in [0.1, 0.15) is 37.0 Å². The average molecular weight is 179 g/mol. The molecule has 1 aromatic rings. The summed E-state index contributed by atoms with van der Waals surface area (Å²) in [5.41, 5.74) is 2.58. The number of rotatable bonds is 3. The van der Waals surface area contributed by atoms with Gasteiger partial charge >= 0.3 is 0 Å². The summed E-state index contributed by atoms with van der Waals surface area (Å²) in [4.78, 5) is 8.06. The summed E-state index contributed by atoms with van der Waals surface area (Å²) in [6.45, 7) is 6.51. The Morgan fingerprint density at radius 1 is 1.31 bits per heavy atom. The largest absolute Gasteiger partial charge is 0.345 e. The lowest BCUT2D eigenvalue weighted by atomic mass is 10.0. The van der Waals surface area contributed by atoms with E-state index in [1.165, 1.54) is 17.2 Å². The number of H-pyrrole nitrogens is 1. The first kappa shape index (κ1) is 8.75. The molecule has 2 rings (SSSR count). The van der Waals surface area contributed by atoms with Crippen molar-refractivity contribution in [2.24, 2.45) is 0 Å². The van der Waals surface area contributed by atoms with Gasteiger partial charge in [0.2, 0.25) is 0 Å². The van der Waals surface area contributed by atoms with Gasteiger partial charge in [0.05, 0.1) is 5.69 Å². The number of aromatic nitrogens is 2. The SMILES string of the molecule is CCc1nc(C2CNC2)[nH]c1CC. The Balaban J connectivity index is 2.21. The van der Waals surface area contributed by atoms with Crippen LogP contribution in [0, 0.1) is 0 Å². The number of nitrogens with zero attached hydrogens (tertiary/aromatic N) is 1. The maximum Gasteiger partial charge on any atom is 0.112 e. The molecule has 0 spiro atoms. The first-order valence-electron chi connectivity index (χ1n) is 5.13. The zero-order valence-corrected chi connectivity index (χ0v) is 8.35. The zero-order valence-electron chi connectivity index (χ0n) is 8.35. The predicted molar refractivity (Wildman–Crippen MR) is 53.0 cm³/mol. The third-order valence-corrected chi connectivity index (χ3v) is 2.74. The van der Waals surface area contributed by atoms with Crippen LogP contribution in [0.4, 0.5) is 0 Å². The number of aryl methyl sites for hydroxylation is 2. The van der Waals surface area contributed by atoms with E-state index in [1.54, 1.807) is 0 Å². The van der Waals surface area contributed by atoms with Crippen molar-refractivity contribution in [1.82, 2.24) is 15.3 Å². The van der Waals surface area contributed by atoms with Crippen molar-refractivity contribution in [1.29, 1.82) is 0 Å². The fraction of sp³-hybridized carbons (Fsp3) is 0.700. The molecule has 0 radical (unpaired) electrons. The molecule has 1 aliphatic rings. The van der Waals surface area contributed by atoms with E-state index in [1.807, 2.05) is 0 Å². The van der Waals surface area contributed by atoms with E-state index in [9.17, 15) is 0 Å². The molecule has 72 valence electrons. The standard InChI is InChI=1S/C10H17N3/c1-3-8-9(4-2)13-10(12-8)7-5-11-6-7/h7,11H,3-6H2,1-2H3,(H,12,13). The fourth-order valence-corrected chi connectivity index (χ4v) is 1.73. The topological polar surface area (TPSA) is 40.7 Å². The van der Waals surface area contributed by atoms with E-state index >= 15 is 0 Å². The normalized spacial score (nSPS) is 17.4. The molecule has 3 nitrogen and oxygen atoms in total. The van der Waals surface area contributed by atoms with Gasteiger partial charge in [-0.15, -0.1) is 0 Å². The van der Waals surface area contributed by atoms with Crippen LogP contribution in [0.3, 0.4) is 0 Å². The lowest BCUT2D eigenvalue weighted by Crippen LogP contribution is -2.40. The number of aromatic amines is 1. The van der Waals surface area contributed by atoms with Crippen LogP contribution in [0.2, 0.25) is 0 Å². The Morgan fingerprint density at radius 3 is 2.46 bits per heavy atom. The minimum absolute atomic E-state index is 0.630. The summed E-state index contributed by atoms with van der Waals surface area (Å²) >= 11 is 0. The second kappa shape index (κ2) is 3.50. The van der Waals surface area contributed by atoms with Crippen LogP contribution >= 0.6 is 0 Å². The maximum atomic E-state index is 4.63. The maximum absolute atomic E-state index is 4.63. The molecule has 0 atom stereocenters. The highest BCUT2D eigenvalue weighted by Crippen LogP contribution is 2.19. The van der Waals surface area contributed by atoms with Gasteiger partial charge in [-0.1, -0.05) is 13.8 Å². The molecule has 1 saturated heterocycles. The van der Waals surface area contributed by atoms with Crippen molar-refractivity contribution in [2.75, 3.05) is 13.1 Å². The first-order chi connectivity index (χ1) is 6.35. The second-order valence-electron chi connectivity index (χ2n) is 3.61. The molecule has 0 aromatic carbocycles. The van der Waals surface area contributed by atoms with Crippen molar-refractivity contribution >= 4 is 0 Å². The second-order valence-corrected chi connectivity index (χ2v) is 3.61. The fourth-order valence-electron chi connectivity index (χ4n) is 1.73. The highest BCUT2D eigenvalue weighted by molar-refractivity contribution is 5.18. The van der Waals surface area contributed by atoms with Gasteiger partial charge in [0.15, 0.2) is 0 Å². The van der Waals surface area contributed by atoms with E-state index in [0.29, 0.717) is 5.92 Å². The average Bonchev–Trinajstić information content (AvgIpc) is 2.44. The Labute approximate surface area is 79.0 Å². The minimum Gasteiger partial charge on any atom is -0.345 e. The Hall–Kier alpha value is -0.830. The molecular weight excluding hydrogens is 162 g/mol. The molecule has 0 bridgehead atoms. The van der Waals surface area contributed by atoms with Gasteiger partial charge in [0, 0.05) is 24.7 Å². The third-order valence-electron chi connectivity index (χ3n) is 2.74. The summed E-state index contributed by atoms with van der Waals surface area (Å²) in [5.74, 6) is 1.82. The Bertz CT molecular complexity index is 265. The van der Waals surface area contributed by atoms with Crippen LogP contribution in [0.15, 0.2) is 0 Å². The summed E-state index contributed by atoms with van der Waals surface area (Å²) in [5, 5.41) is 3.26. The molecule has 2 N–H and O–H groups in total.